The van der Waals surface area contributed by atoms with Crippen LogP contribution in [-0.2, 0) is 14.4 Å². The van der Waals surface area contributed by atoms with Crippen LogP contribution >= 0.6 is 0 Å². The van der Waals surface area contributed by atoms with Crippen molar-refractivity contribution >= 4 is 29.1 Å². The molecule has 1 aromatic rings. The number of non-ortho nitro benzene ring substituents is 1. The van der Waals surface area contributed by atoms with Gasteiger partial charge in [0.1, 0.15) is 0 Å². The van der Waals surface area contributed by atoms with Crippen LogP contribution in [0, 0.1) is 22.0 Å². The Bertz CT molecular complexity index is 863. The molecule has 0 radical (unpaired) electrons. The van der Waals surface area contributed by atoms with Gasteiger partial charge in [0, 0.05) is 57.0 Å². The van der Waals surface area contributed by atoms with Crippen molar-refractivity contribution in [1.29, 1.82) is 0 Å². The number of benzene rings is 1. The van der Waals surface area contributed by atoms with Crippen LogP contribution in [0.1, 0.15) is 19.3 Å². The SMILES string of the molecule is O=C(CCN1C(=O)[C@H]2CC=CC[C@H]2C1=O)N1CCN(c2ccc([N+](=O)[O-])cc2)CC1. The van der Waals surface area contributed by atoms with Crippen LogP contribution in [0.4, 0.5) is 11.4 Å². The van der Waals surface area contributed by atoms with Crippen molar-refractivity contribution in [1.82, 2.24) is 9.80 Å². The Balaban J connectivity index is 1.27. The van der Waals surface area contributed by atoms with Crippen LogP contribution in [0.25, 0.3) is 0 Å². The standard InChI is InChI=1S/C21H24N4O5/c26-19(9-10-24-20(27)17-3-1-2-4-18(17)21(24)28)23-13-11-22(12-14-23)15-5-7-16(8-6-15)25(29)30/h1-2,5-8,17-18H,3-4,9-14H2/t17-,18+. The summed E-state index contributed by atoms with van der Waals surface area (Å²) < 4.78 is 0. The molecule has 1 aliphatic carbocycles. The number of amides is 3. The van der Waals surface area contributed by atoms with Crippen LogP contribution in [-0.4, -0.2) is 65.2 Å². The fourth-order valence-electron chi connectivity index (χ4n) is 4.45. The van der Waals surface area contributed by atoms with E-state index in [1.165, 1.54) is 17.0 Å². The monoisotopic (exact) mass is 412 g/mol. The van der Waals surface area contributed by atoms with Gasteiger partial charge in [-0.25, -0.2) is 0 Å². The Morgan fingerprint density at radius 2 is 1.53 bits per heavy atom. The second kappa shape index (κ2) is 8.25. The lowest BCUT2D eigenvalue weighted by Crippen LogP contribution is -2.49. The first kappa shape index (κ1) is 20.1. The molecule has 0 spiro atoms. The highest BCUT2D eigenvalue weighted by atomic mass is 16.6. The van der Waals surface area contributed by atoms with Gasteiger partial charge in [-0.05, 0) is 25.0 Å². The van der Waals surface area contributed by atoms with Crippen molar-refractivity contribution in [2.45, 2.75) is 19.3 Å². The molecule has 3 amide bonds. The molecule has 0 aromatic heterocycles. The second-order valence-electron chi connectivity index (χ2n) is 7.88. The summed E-state index contributed by atoms with van der Waals surface area (Å²) in [6, 6.07) is 6.39. The van der Waals surface area contributed by atoms with E-state index in [2.05, 4.69) is 4.90 Å². The summed E-state index contributed by atoms with van der Waals surface area (Å²) in [5, 5.41) is 10.8. The molecule has 0 N–H and O–H groups in total. The Kier molecular flexibility index (Phi) is 5.52. The zero-order valence-electron chi connectivity index (χ0n) is 16.6. The van der Waals surface area contributed by atoms with Gasteiger partial charge in [0.15, 0.2) is 0 Å². The van der Waals surface area contributed by atoms with Gasteiger partial charge in [0.2, 0.25) is 17.7 Å². The smallest absolute Gasteiger partial charge is 0.269 e. The minimum absolute atomic E-state index is 0.0502. The number of carbonyl (C=O) groups excluding carboxylic acids is 3. The number of allylic oxidation sites excluding steroid dienone is 2. The van der Waals surface area contributed by atoms with Gasteiger partial charge in [-0.3, -0.25) is 29.4 Å². The summed E-state index contributed by atoms with van der Waals surface area (Å²) in [7, 11) is 0. The minimum atomic E-state index is -0.429. The number of nitro benzene ring substituents is 1. The van der Waals surface area contributed by atoms with Crippen LogP contribution < -0.4 is 4.90 Å². The normalized spacial score (nSPS) is 23.7. The lowest BCUT2D eigenvalue weighted by atomic mass is 9.85. The Morgan fingerprint density at radius 1 is 0.967 bits per heavy atom. The quantitative estimate of drug-likeness (QED) is 0.315. The minimum Gasteiger partial charge on any atom is -0.368 e. The lowest BCUT2D eigenvalue weighted by molar-refractivity contribution is -0.384. The molecule has 9 nitrogen and oxygen atoms in total. The fourth-order valence-corrected chi connectivity index (χ4v) is 4.45. The average molecular weight is 412 g/mol. The summed E-state index contributed by atoms with van der Waals surface area (Å²) in [5.74, 6) is -0.882. The van der Waals surface area contributed by atoms with Gasteiger partial charge in [-0.2, -0.15) is 0 Å². The Hall–Kier alpha value is -3.23. The second-order valence-corrected chi connectivity index (χ2v) is 7.88. The Morgan fingerprint density at radius 3 is 2.07 bits per heavy atom. The van der Waals surface area contributed by atoms with Crippen molar-refractivity contribution in [2.75, 3.05) is 37.6 Å². The van der Waals surface area contributed by atoms with Crippen molar-refractivity contribution in [3.8, 4) is 0 Å². The molecule has 0 saturated carbocycles. The molecule has 158 valence electrons. The number of nitrogens with zero attached hydrogens (tertiary/aromatic N) is 4. The summed E-state index contributed by atoms with van der Waals surface area (Å²) in [4.78, 5) is 53.1. The first-order chi connectivity index (χ1) is 14.5. The topological polar surface area (TPSA) is 104 Å². The third kappa shape index (κ3) is 3.79. The molecular weight excluding hydrogens is 388 g/mol. The molecule has 2 saturated heterocycles. The van der Waals surface area contributed by atoms with E-state index in [9.17, 15) is 24.5 Å². The molecule has 2 atom stereocenters. The van der Waals surface area contributed by atoms with Gasteiger partial charge in [0.05, 0.1) is 16.8 Å². The van der Waals surface area contributed by atoms with Crippen LogP contribution in [0.3, 0.4) is 0 Å². The van der Waals surface area contributed by atoms with Crippen LogP contribution in [0.5, 0.6) is 0 Å². The lowest BCUT2D eigenvalue weighted by Gasteiger charge is -2.36. The van der Waals surface area contributed by atoms with E-state index in [0.29, 0.717) is 39.0 Å². The van der Waals surface area contributed by atoms with Crippen molar-refractivity contribution in [3.05, 3.63) is 46.5 Å². The molecule has 0 unspecified atom stereocenters. The number of imide groups is 1. The van der Waals surface area contributed by atoms with Crippen molar-refractivity contribution in [3.63, 3.8) is 0 Å². The number of anilines is 1. The van der Waals surface area contributed by atoms with E-state index in [1.807, 2.05) is 12.2 Å². The summed E-state index contributed by atoms with van der Waals surface area (Å²) >= 11 is 0. The molecule has 4 rings (SSSR count). The average Bonchev–Trinajstić information content (AvgIpc) is 3.02. The van der Waals surface area contributed by atoms with Gasteiger partial charge < -0.3 is 9.80 Å². The first-order valence-corrected chi connectivity index (χ1v) is 10.2. The molecule has 0 bridgehead atoms. The molecule has 30 heavy (non-hydrogen) atoms. The van der Waals surface area contributed by atoms with Crippen LogP contribution in [0.15, 0.2) is 36.4 Å². The molecule has 2 fully saturated rings. The molecule has 1 aromatic carbocycles. The summed E-state index contributed by atoms with van der Waals surface area (Å²) in [6.07, 6.45) is 5.24. The number of likely N-dealkylation sites (tertiary alicyclic amines) is 1. The van der Waals surface area contributed by atoms with E-state index < -0.39 is 4.92 Å². The van der Waals surface area contributed by atoms with Crippen molar-refractivity contribution < 1.29 is 19.3 Å². The predicted molar refractivity (Wildman–Crippen MR) is 109 cm³/mol. The maximum Gasteiger partial charge on any atom is 0.269 e. The van der Waals surface area contributed by atoms with E-state index in [1.54, 1.807) is 17.0 Å². The third-order valence-corrected chi connectivity index (χ3v) is 6.21. The summed E-state index contributed by atoms with van der Waals surface area (Å²) in [5.41, 5.74) is 0.936. The largest absolute Gasteiger partial charge is 0.368 e. The van der Waals surface area contributed by atoms with E-state index in [0.717, 1.165) is 5.69 Å². The van der Waals surface area contributed by atoms with Gasteiger partial charge in [-0.1, -0.05) is 12.2 Å². The highest BCUT2D eigenvalue weighted by molar-refractivity contribution is 6.05. The molecule has 2 heterocycles. The maximum atomic E-state index is 12.6. The highest BCUT2D eigenvalue weighted by Gasteiger charge is 2.47. The third-order valence-electron chi connectivity index (χ3n) is 6.21. The first-order valence-electron chi connectivity index (χ1n) is 10.2. The summed E-state index contributed by atoms with van der Waals surface area (Å²) in [6.45, 7) is 2.47. The number of rotatable bonds is 5. The maximum absolute atomic E-state index is 12.6. The van der Waals surface area contributed by atoms with Gasteiger partial charge in [-0.15, -0.1) is 0 Å². The van der Waals surface area contributed by atoms with E-state index >= 15 is 0 Å². The van der Waals surface area contributed by atoms with E-state index in [-0.39, 0.29) is 48.2 Å². The molecule has 2 aliphatic heterocycles. The fraction of sp³-hybridized carbons (Fsp3) is 0.476. The number of piperazine rings is 1. The molecule has 3 aliphatic rings. The highest BCUT2D eigenvalue weighted by Crippen LogP contribution is 2.35. The number of hydrogen-bond donors (Lipinski definition) is 0. The van der Waals surface area contributed by atoms with Crippen molar-refractivity contribution in [2.24, 2.45) is 11.8 Å². The number of fused-ring (bicyclic) bond motifs is 1. The number of nitro groups is 1. The van der Waals surface area contributed by atoms with E-state index in [4.69, 9.17) is 0 Å². The number of hydrogen-bond acceptors (Lipinski definition) is 6. The zero-order valence-corrected chi connectivity index (χ0v) is 16.6. The molecule has 9 heteroatoms. The van der Waals surface area contributed by atoms with Crippen LogP contribution in [0.2, 0.25) is 0 Å². The number of carbonyl (C=O) groups is 3. The zero-order chi connectivity index (χ0) is 21.3. The Labute approximate surface area is 174 Å². The molecular formula is C21H24N4O5. The van der Waals surface area contributed by atoms with Gasteiger partial charge >= 0.3 is 0 Å². The predicted octanol–water partition coefficient (Wildman–Crippen LogP) is 1.58. The van der Waals surface area contributed by atoms with Gasteiger partial charge in [0.25, 0.3) is 5.69 Å².